The highest BCUT2D eigenvalue weighted by atomic mass is 16.3. The van der Waals surface area contributed by atoms with Gasteiger partial charge in [0.2, 0.25) is 0 Å². The lowest BCUT2D eigenvalue weighted by molar-refractivity contribution is -0.112. The molecule has 0 saturated heterocycles. The molecule has 1 amide bonds. The van der Waals surface area contributed by atoms with Gasteiger partial charge >= 0.3 is 0 Å². The summed E-state index contributed by atoms with van der Waals surface area (Å²) in [6.07, 6.45) is 2.55. The fourth-order valence-corrected chi connectivity index (χ4v) is 2.48. The maximum Gasteiger partial charge on any atom is 0.266 e. The Morgan fingerprint density at radius 1 is 1.25 bits per heavy atom. The second-order valence-electron chi connectivity index (χ2n) is 5.87. The Morgan fingerprint density at radius 2 is 1.96 bits per heavy atom. The molecule has 0 bridgehead atoms. The second-order valence-corrected chi connectivity index (χ2v) is 5.87. The van der Waals surface area contributed by atoms with E-state index in [0.29, 0.717) is 28.8 Å². The molecule has 2 aromatic rings. The molecule has 1 aromatic carbocycles. The summed E-state index contributed by atoms with van der Waals surface area (Å²) >= 11 is 0. The lowest BCUT2D eigenvalue weighted by Crippen LogP contribution is -2.13. The third kappa shape index (κ3) is 3.37. The summed E-state index contributed by atoms with van der Waals surface area (Å²) in [4.78, 5) is 12.2. The van der Waals surface area contributed by atoms with E-state index < -0.39 is 5.91 Å². The molecule has 0 unspecified atom stereocenters. The van der Waals surface area contributed by atoms with E-state index in [4.69, 9.17) is 9.68 Å². The minimum atomic E-state index is -0.514. The molecule has 0 spiro atoms. The number of hydrogen-bond acceptors (Lipinski definition) is 4. The summed E-state index contributed by atoms with van der Waals surface area (Å²) in [6.45, 7) is 2.16. The lowest BCUT2D eigenvalue weighted by Gasteiger charge is -2.03. The number of rotatable bonds is 4. The van der Waals surface area contributed by atoms with Crippen molar-refractivity contribution in [3.8, 4) is 12.1 Å². The molecule has 1 N–H and O–H groups in total. The molecule has 2 atom stereocenters. The van der Waals surface area contributed by atoms with Crippen LogP contribution in [0.5, 0.6) is 0 Å². The number of carbonyl (C=O) groups excluding carboxylic acids is 1. The van der Waals surface area contributed by atoms with Gasteiger partial charge in [-0.15, -0.1) is 0 Å². The smallest absolute Gasteiger partial charge is 0.266 e. The Bertz CT molecular complexity index is 879. The maximum absolute atomic E-state index is 12.2. The van der Waals surface area contributed by atoms with Crippen molar-refractivity contribution in [2.45, 2.75) is 19.3 Å². The Morgan fingerprint density at radius 3 is 2.54 bits per heavy atom. The minimum Gasteiger partial charge on any atom is -0.461 e. The Hall–Kier alpha value is -3.31. The van der Waals surface area contributed by atoms with Crippen LogP contribution in [0, 0.1) is 28.6 Å². The standard InChI is InChI=1S/C19H15N3O2/c1-12-8-17(12)18-7-6-16(24-18)9-14(11-21)19(23)22-15-4-2-13(10-20)3-5-15/h2-7,9,12,17H,8H2,1H3,(H,22,23)/b14-9+/t12-,17-/m1/s1. The molecule has 1 aliphatic rings. The highest BCUT2D eigenvalue weighted by Crippen LogP contribution is 2.47. The largest absolute Gasteiger partial charge is 0.461 e. The van der Waals surface area contributed by atoms with Crippen molar-refractivity contribution < 1.29 is 9.21 Å². The van der Waals surface area contributed by atoms with Crippen LogP contribution in [0.3, 0.4) is 0 Å². The fraction of sp³-hybridized carbons (Fsp3) is 0.211. The van der Waals surface area contributed by atoms with Crippen molar-refractivity contribution in [3.63, 3.8) is 0 Å². The Labute approximate surface area is 139 Å². The minimum absolute atomic E-state index is 0.0379. The van der Waals surface area contributed by atoms with Gasteiger partial charge in [0, 0.05) is 17.7 Å². The van der Waals surface area contributed by atoms with E-state index >= 15 is 0 Å². The average Bonchev–Trinajstić information content (AvgIpc) is 3.14. The van der Waals surface area contributed by atoms with Crippen LogP contribution in [0.1, 0.15) is 36.3 Å². The van der Waals surface area contributed by atoms with E-state index in [1.807, 2.05) is 18.2 Å². The third-order valence-electron chi connectivity index (χ3n) is 4.05. The molecule has 1 fully saturated rings. The van der Waals surface area contributed by atoms with Gasteiger partial charge in [0.05, 0.1) is 11.6 Å². The van der Waals surface area contributed by atoms with E-state index in [2.05, 4.69) is 12.2 Å². The van der Waals surface area contributed by atoms with Gasteiger partial charge in [-0.1, -0.05) is 6.92 Å². The monoisotopic (exact) mass is 317 g/mol. The van der Waals surface area contributed by atoms with Crippen molar-refractivity contribution in [3.05, 3.63) is 59.1 Å². The topological polar surface area (TPSA) is 89.8 Å². The van der Waals surface area contributed by atoms with Gasteiger partial charge in [0.1, 0.15) is 23.2 Å². The molecule has 118 valence electrons. The van der Waals surface area contributed by atoms with E-state index in [1.54, 1.807) is 30.3 Å². The first kappa shape index (κ1) is 15.6. The first-order valence-electron chi connectivity index (χ1n) is 7.63. The van der Waals surface area contributed by atoms with Crippen LogP contribution in [-0.2, 0) is 4.79 Å². The zero-order chi connectivity index (χ0) is 17.1. The van der Waals surface area contributed by atoms with E-state index in [-0.39, 0.29) is 5.57 Å². The first-order chi connectivity index (χ1) is 11.6. The van der Waals surface area contributed by atoms with Gasteiger partial charge < -0.3 is 9.73 Å². The van der Waals surface area contributed by atoms with Crippen LogP contribution >= 0.6 is 0 Å². The number of nitriles is 2. The van der Waals surface area contributed by atoms with E-state index in [1.165, 1.54) is 6.08 Å². The van der Waals surface area contributed by atoms with Gasteiger partial charge in [-0.05, 0) is 48.7 Å². The zero-order valence-corrected chi connectivity index (χ0v) is 13.1. The van der Waals surface area contributed by atoms with Crippen molar-refractivity contribution in [1.29, 1.82) is 10.5 Å². The summed E-state index contributed by atoms with van der Waals surface area (Å²) in [5.74, 6) is 1.96. The van der Waals surface area contributed by atoms with Gasteiger partial charge in [-0.2, -0.15) is 10.5 Å². The third-order valence-corrected chi connectivity index (χ3v) is 4.05. The van der Waals surface area contributed by atoms with Gasteiger partial charge in [-0.3, -0.25) is 4.79 Å². The molecule has 1 saturated carbocycles. The molecule has 3 rings (SSSR count). The number of nitrogens with one attached hydrogen (secondary N) is 1. The Balaban J connectivity index is 1.72. The molecule has 24 heavy (non-hydrogen) atoms. The summed E-state index contributed by atoms with van der Waals surface area (Å²) in [6, 6.07) is 14.0. The SMILES string of the molecule is C[C@@H]1C[C@H]1c1ccc(/C=C(\C#N)C(=O)Nc2ccc(C#N)cc2)o1. The van der Waals surface area contributed by atoms with Crippen LogP contribution in [0.2, 0.25) is 0 Å². The number of benzene rings is 1. The normalized spacial score (nSPS) is 19.2. The van der Waals surface area contributed by atoms with Crippen LogP contribution in [0.4, 0.5) is 5.69 Å². The molecule has 1 aromatic heterocycles. The van der Waals surface area contributed by atoms with Crippen molar-refractivity contribution in [1.82, 2.24) is 0 Å². The molecule has 0 radical (unpaired) electrons. The van der Waals surface area contributed by atoms with Crippen molar-refractivity contribution in [2.24, 2.45) is 5.92 Å². The quantitative estimate of drug-likeness (QED) is 0.685. The molecule has 1 heterocycles. The van der Waals surface area contributed by atoms with Crippen molar-refractivity contribution in [2.75, 3.05) is 5.32 Å². The van der Waals surface area contributed by atoms with Gasteiger partial charge in [0.25, 0.3) is 5.91 Å². The molecule has 0 aliphatic heterocycles. The number of nitrogens with zero attached hydrogens (tertiary/aromatic N) is 2. The van der Waals surface area contributed by atoms with Crippen LogP contribution in [-0.4, -0.2) is 5.91 Å². The number of furan rings is 1. The van der Waals surface area contributed by atoms with Gasteiger partial charge in [0.15, 0.2) is 0 Å². The van der Waals surface area contributed by atoms with E-state index in [0.717, 1.165) is 12.2 Å². The average molecular weight is 317 g/mol. The first-order valence-corrected chi connectivity index (χ1v) is 7.63. The Kier molecular flexibility index (Phi) is 4.18. The number of amides is 1. The van der Waals surface area contributed by atoms with E-state index in [9.17, 15) is 10.1 Å². The van der Waals surface area contributed by atoms with Crippen LogP contribution < -0.4 is 5.32 Å². The zero-order valence-electron chi connectivity index (χ0n) is 13.1. The summed E-state index contributed by atoms with van der Waals surface area (Å²) < 4.78 is 5.70. The van der Waals surface area contributed by atoms with Crippen LogP contribution in [0.25, 0.3) is 6.08 Å². The molecule has 5 heteroatoms. The van der Waals surface area contributed by atoms with Crippen LogP contribution in [0.15, 0.2) is 46.4 Å². The maximum atomic E-state index is 12.2. The predicted molar refractivity (Wildman–Crippen MR) is 88.6 cm³/mol. The number of carbonyl (C=O) groups is 1. The molecule has 1 aliphatic carbocycles. The predicted octanol–water partition coefficient (Wildman–Crippen LogP) is 3.82. The summed E-state index contributed by atoms with van der Waals surface area (Å²) in [7, 11) is 0. The number of anilines is 1. The highest BCUT2D eigenvalue weighted by molar-refractivity contribution is 6.09. The molecular formula is C19H15N3O2. The highest BCUT2D eigenvalue weighted by Gasteiger charge is 2.36. The fourth-order valence-electron chi connectivity index (χ4n) is 2.48. The second kappa shape index (κ2) is 6.44. The van der Waals surface area contributed by atoms with Crippen molar-refractivity contribution >= 4 is 17.7 Å². The van der Waals surface area contributed by atoms with Gasteiger partial charge in [-0.25, -0.2) is 0 Å². The molecule has 5 nitrogen and oxygen atoms in total. The lowest BCUT2D eigenvalue weighted by atomic mass is 10.2. The molecular weight excluding hydrogens is 302 g/mol. The number of hydrogen-bond donors (Lipinski definition) is 1. The summed E-state index contributed by atoms with van der Waals surface area (Å²) in [5, 5.41) is 20.6. The summed E-state index contributed by atoms with van der Waals surface area (Å²) in [5.41, 5.74) is 0.984.